The number of carbonyl (C=O) groups excluding carboxylic acids is 1. The number of nitrogens with zero attached hydrogens (tertiary/aromatic N) is 3. The van der Waals surface area contributed by atoms with Crippen LogP contribution in [0.3, 0.4) is 0 Å². The summed E-state index contributed by atoms with van der Waals surface area (Å²) < 4.78 is 38.9. The summed E-state index contributed by atoms with van der Waals surface area (Å²) in [6, 6.07) is 11.0. The van der Waals surface area contributed by atoms with Crippen LogP contribution in [0.15, 0.2) is 52.3 Å². The van der Waals surface area contributed by atoms with E-state index in [4.69, 9.17) is 4.98 Å². The third-order valence-electron chi connectivity index (χ3n) is 5.46. The summed E-state index contributed by atoms with van der Waals surface area (Å²) in [6.45, 7) is 2.59. The quantitative estimate of drug-likeness (QED) is 0.365. The summed E-state index contributed by atoms with van der Waals surface area (Å²) in [7, 11) is -3.52. The van der Waals surface area contributed by atoms with Crippen molar-refractivity contribution < 1.29 is 17.6 Å². The second kappa shape index (κ2) is 9.76. The Balaban J connectivity index is 1.27. The van der Waals surface area contributed by atoms with Gasteiger partial charge in [0, 0.05) is 37.5 Å². The maximum atomic E-state index is 13.0. The smallest absolute Gasteiger partial charge is 0.222 e. The van der Waals surface area contributed by atoms with Crippen LogP contribution in [0.5, 0.6) is 0 Å². The molecule has 2 heterocycles. The van der Waals surface area contributed by atoms with Crippen molar-refractivity contribution in [3.05, 3.63) is 48.3 Å². The van der Waals surface area contributed by atoms with Crippen LogP contribution in [0.2, 0.25) is 0 Å². The van der Waals surface area contributed by atoms with E-state index in [1.54, 1.807) is 28.0 Å². The van der Waals surface area contributed by atoms with Crippen LogP contribution in [0, 0.1) is 5.82 Å². The van der Waals surface area contributed by atoms with Crippen molar-refractivity contribution in [3.63, 3.8) is 0 Å². The van der Waals surface area contributed by atoms with Gasteiger partial charge in [-0.2, -0.15) is 0 Å². The van der Waals surface area contributed by atoms with Gasteiger partial charge < -0.3 is 9.80 Å². The van der Waals surface area contributed by atoms with E-state index in [9.17, 15) is 17.6 Å². The van der Waals surface area contributed by atoms with Gasteiger partial charge in [-0.3, -0.25) is 4.79 Å². The molecule has 0 radical (unpaired) electrons. The Hall–Kier alpha value is -2.17. The van der Waals surface area contributed by atoms with Crippen LogP contribution >= 0.6 is 23.1 Å². The molecule has 1 aromatic heterocycles. The first-order valence-electron chi connectivity index (χ1n) is 10.3. The van der Waals surface area contributed by atoms with Crippen molar-refractivity contribution in [2.75, 3.05) is 43.1 Å². The molecule has 1 fully saturated rings. The molecule has 0 aliphatic carbocycles. The maximum Gasteiger partial charge on any atom is 0.222 e. The first kappa shape index (κ1) is 23.0. The number of carbonyl (C=O) groups is 1. The van der Waals surface area contributed by atoms with E-state index < -0.39 is 15.7 Å². The van der Waals surface area contributed by atoms with Crippen molar-refractivity contribution in [1.29, 1.82) is 0 Å². The summed E-state index contributed by atoms with van der Waals surface area (Å²) in [5, 5.41) is 0.968. The molecule has 0 spiro atoms. The zero-order valence-electron chi connectivity index (χ0n) is 17.7. The van der Waals surface area contributed by atoms with Crippen molar-refractivity contribution in [2.45, 2.75) is 22.6 Å². The predicted molar refractivity (Wildman–Crippen MR) is 128 cm³/mol. The number of benzene rings is 2. The van der Waals surface area contributed by atoms with Crippen molar-refractivity contribution in [3.8, 4) is 0 Å². The van der Waals surface area contributed by atoms with Crippen LogP contribution in [0.4, 0.5) is 9.52 Å². The second-order valence-electron chi connectivity index (χ2n) is 7.57. The molecule has 0 bridgehead atoms. The van der Waals surface area contributed by atoms with Crippen molar-refractivity contribution >= 4 is 54.2 Å². The highest BCUT2D eigenvalue weighted by molar-refractivity contribution is 7.98. The van der Waals surface area contributed by atoms with Gasteiger partial charge in [0.15, 0.2) is 15.0 Å². The monoisotopic (exact) mass is 493 g/mol. The normalized spacial score (nSPS) is 14.8. The van der Waals surface area contributed by atoms with Gasteiger partial charge in [0.25, 0.3) is 0 Å². The summed E-state index contributed by atoms with van der Waals surface area (Å²) >= 11 is 3.37. The van der Waals surface area contributed by atoms with E-state index in [-0.39, 0.29) is 29.4 Å². The lowest BCUT2D eigenvalue weighted by Gasteiger charge is -2.34. The van der Waals surface area contributed by atoms with Crippen molar-refractivity contribution in [2.24, 2.45) is 0 Å². The standard InChI is InChI=1S/C22H24FN3O3S3/c1-30-17-6-9-19-20(15-17)31-22(24-19)26-12-10-25(11-13-26)21(27)3-2-14-32(28,29)18-7-4-16(23)5-8-18/h4-9,15H,2-3,10-14H2,1H3. The van der Waals surface area contributed by atoms with Gasteiger partial charge in [-0.05, 0) is 55.1 Å². The minimum absolute atomic E-state index is 0.0344. The highest BCUT2D eigenvalue weighted by Crippen LogP contribution is 2.32. The number of rotatable bonds is 7. The van der Waals surface area contributed by atoms with Crippen LogP contribution in [0.1, 0.15) is 12.8 Å². The van der Waals surface area contributed by atoms with E-state index in [1.807, 2.05) is 6.07 Å². The zero-order valence-corrected chi connectivity index (χ0v) is 20.1. The molecule has 1 aliphatic heterocycles. The molecule has 0 unspecified atom stereocenters. The predicted octanol–water partition coefficient (Wildman–Crippen LogP) is 4.06. The molecule has 4 rings (SSSR count). The Morgan fingerprint density at radius 1 is 1.12 bits per heavy atom. The van der Waals surface area contributed by atoms with E-state index in [1.165, 1.54) is 17.0 Å². The number of halogens is 1. The second-order valence-corrected chi connectivity index (χ2v) is 11.6. The van der Waals surface area contributed by atoms with Gasteiger partial charge in [0.2, 0.25) is 5.91 Å². The Labute approximate surface area is 195 Å². The van der Waals surface area contributed by atoms with Gasteiger partial charge >= 0.3 is 0 Å². The fourth-order valence-electron chi connectivity index (χ4n) is 3.63. The third kappa shape index (κ3) is 5.24. The summed E-state index contributed by atoms with van der Waals surface area (Å²) in [6.07, 6.45) is 2.48. The lowest BCUT2D eigenvalue weighted by molar-refractivity contribution is -0.131. The number of piperazine rings is 1. The van der Waals surface area contributed by atoms with Gasteiger partial charge in [-0.1, -0.05) is 11.3 Å². The molecule has 32 heavy (non-hydrogen) atoms. The molecule has 0 atom stereocenters. The van der Waals surface area contributed by atoms with Crippen LogP contribution in [-0.2, 0) is 14.6 Å². The molecular formula is C22H24FN3O3S3. The molecule has 170 valence electrons. The van der Waals surface area contributed by atoms with E-state index in [0.29, 0.717) is 26.2 Å². The number of hydrogen-bond donors (Lipinski definition) is 0. The first-order valence-corrected chi connectivity index (χ1v) is 14.0. The third-order valence-corrected chi connectivity index (χ3v) is 9.08. The number of thioether (sulfide) groups is 1. The SMILES string of the molecule is CSc1ccc2nc(N3CCN(C(=O)CCCS(=O)(=O)c4ccc(F)cc4)CC3)sc2c1. The maximum absolute atomic E-state index is 13.0. The number of thiazole rings is 1. The minimum Gasteiger partial charge on any atom is -0.345 e. The lowest BCUT2D eigenvalue weighted by Crippen LogP contribution is -2.48. The van der Waals surface area contributed by atoms with Gasteiger partial charge in [-0.15, -0.1) is 11.8 Å². The molecule has 0 saturated carbocycles. The highest BCUT2D eigenvalue weighted by atomic mass is 32.2. The molecule has 10 heteroatoms. The van der Waals surface area contributed by atoms with Crippen LogP contribution < -0.4 is 4.90 Å². The van der Waals surface area contributed by atoms with Gasteiger partial charge in [0.1, 0.15) is 5.82 Å². The van der Waals surface area contributed by atoms with Crippen LogP contribution in [0.25, 0.3) is 10.2 Å². The Morgan fingerprint density at radius 3 is 2.53 bits per heavy atom. The largest absolute Gasteiger partial charge is 0.345 e. The molecule has 2 aromatic carbocycles. The van der Waals surface area contributed by atoms with E-state index in [0.717, 1.165) is 27.5 Å². The molecule has 1 aliphatic rings. The average Bonchev–Trinajstić information content (AvgIpc) is 3.22. The van der Waals surface area contributed by atoms with Gasteiger partial charge in [-0.25, -0.2) is 17.8 Å². The fraction of sp³-hybridized carbons (Fsp3) is 0.364. The molecule has 1 amide bonds. The first-order chi connectivity index (χ1) is 15.4. The Morgan fingerprint density at radius 2 is 1.84 bits per heavy atom. The summed E-state index contributed by atoms with van der Waals surface area (Å²) in [4.78, 5) is 22.6. The Bertz CT molecular complexity index is 1200. The van der Waals surface area contributed by atoms with Crippen molar-refractivity contribution in [1.82, 2.24) is 9.88 Å². The average molecular weight is 494 g/mol. The number of anilines is 1. The lowest BCUT2D eigenvalue weighted by atomic mass is 10.2. The highest BCUT2D eigenvalue weighted by Gasteiger charge is 2.24. The molecule has 6 nitrogen and oxygen atoms in total. The Kier molecular flexibility index (Phi) is 7.02. The van der Waals surface area contributed by atoms with Gasteiger partial charge in [0.05, 0.1) is 20.9 Å². The van der Waals surface area contributed by atoms with E-state index >= 15 is 0 Å². The molecular weight excluding hydrogens is 469 g/mol. The van der Waals surface area contributed by atoms with Crippen LogP contribution in [-0.4, -0.2) is 62.4 Å². The van der Waals surface area contributed by atoms with E-state index in [2.05, 4.69) is 23.3 Å². The number of sulfone groups is 1. The topological polar surface area (TPSA) is 70.6 Å². The number of hydrogen-bond acceptors (Lipinski definition) is 7. The molecule has 3 aromatic rings. The molecule has 1 saturated heterocycles. The number of fused-ring (bicyclic) bond motifs is 1. The number of amides is 1. The molecule has 0 N–H and O–H groups in total. The zero-order chi connectivity index (χ0) is 22.7. The minimum atomic E-state index is -3.52. The summed E-state index contributed by atoms with van der Waals surface area (Å²) in [5.41, 5.74) is 0.990. The fourth-order valence-corrected chi connectivity index (χ4v) is 6.52. The number of aromatic nitrogens is 1. The summed E-state index contributed by atoms with van der Waals surface area (Å²) in [5.74, 6) is -0.643.